The molecule has 2 aliphatic heterocycles. The van der Waals surface area contributed by atoms with Crippen LogP contribution < -0.4 is 20.0 Å². The van der Waals surface area contributed by atoms with Crippen LogP contribution >= 0.6 is 0 Å². The van der Waals surface area contributed by atoms with Crippen LogP contribution in [-0.4, -0.2) is 59.1 Å². The molecule has 29 heavy (non-hydrogen) atoms. The van der Waals surface area contributed by atoms with Gasteiger partial charge in [0.15, 0.2) is 11.5 Å². The molecule has 0 unspecified atom stereocenters. The average Bonchev–Trinajstić information content (AvgIpc) is 3.45. The Morgan fingerprint density at radius 1 is 1.03 bits per heavy atom. The second kappa shape index (κ2) is 8.93. The molecule has 154 valence electrons. The molecule has 2 saturated heterocycles. The van der Waals surface area contributed by atoms with Crippen molar-refractivity contribution >= 4 is 24.1 Å². The second-order valence-electron chi connectivity index (χ2n) is 7.18. The first kappa shape index (κ1) is 19.2. The fraction of sp³-hybridized carbons (Fsp3) is 0.500. The summed E-state index contributed by atoms with van der Waals surface area (Å²) in [6.45, 7) is 6.24. The number of ether oxygens (including phenoxy) is 1. The van der Waals surface area contributed by atoms with Gasteiger partial charge in [-0.2, -0.15) is 20.1 Å². The third-order valence-corrected chi connectivity index (χ3v) is 5.05. The zero-order valence-corrected chi connectivity index (χ0v) is 16.7. The van der Waals surface area contributed by atoms with Crippen molar-refractivity contribution in [3.05, 3.63) is 23.8 Å². The van der Waals surface area contributed by atoms with E-state index in [2.05, 4.69) is 30.3 Å². The van der Waals surface area contributed by atoms with Crippen molar-refractivity contribution in [1.29, 1.82) is 0 Å². The van der Waals surface area contributed by atoms with Crippen molar-refractivity contribution in [2.75, 3.05) is 48.0 Å². The molecule has 4 rings (SSSR count). The van der Waals surface area contributed by atoms with E-state index < -0.39 is 0 Å². The van der Waals surface area contributed by atoms with Gasteiger partial charge in [-0.1, -0.05) is 0 Å². The lowest BCUT2D eigenvalue weighted by Gasteiger charge is -2.20. The second-order valence-corrected chi connectivity index (χ2v) is 7.18. The molecule has 0 saturated carbocycles. The first-order valence-electron chi connectivity index (χ1n) is 10.2. The maximum absolute atomic E-state index is 9.82. The van der Waals surface area contributed by atoms with E-state index in [0.29, 0.717) is 30.2 Å². The number of hydrogen-bond donors (Lipinski definition) is 2. The first-order valence-corrected chi connectivity index (χ1v) is 10.2. The quantitative estimate of drug-likeness (QED) is 0.543. The van der Waals surface area contributed by atoms with Gasteiger partial charge in [-0.15, -0.1) is 0 Å². The highest BCUT2D eigenvalue weighted by Gasteiger charge is 2.21. The van der Waals surface area contributed by atoms with Crippen LogP contribution in [0.25, 0.3) is 0 Å². The van der Waals surface area contributed by atoms with Crippen LogP contribution in [0.3, 0.4) is 0 Å². The van der Waals surface area contributed by atoms with Gasteiger partial charge in [0, 0.05) is 26.2 Å². The minimum Gasteiger partial charge on any atom is -0.504 e. The Hall–Kier alpha value is -3.10. The molecule has 0 spiro atoms. The van der Waals surface area contributed by atoms with E-state index in [1.165, 1.54) is 0 Å². The predicted molar refractivity (Wildman–Crippen MR) is 113 cm³/mol. The van der Waals surface area contributed by atoms with Crippen molar-refractivity contribution in [3.8, 4) is 11.5 Å². The van der Waals surface area contributed by atoms with E-state index in [0.717, 1.165) is 57.4 Å². The van der Waals surface area contributed by atoms with Gasteiger partial charge in [0.2, 0.25) is 17.8 Å². The molecule has 3 heterocycles. The summed E-state index contributed by atoms with van der Waals surface area (Å²) in [6, 6.07) is 5.09. The summed E-state index contributed by atoms with van der Waals surface area (Å²) >= 11 is 0. The number of phenolic OH excluding ortho intramolecular Hbond substituents is 1. The zero-order chi connectivity index (χ0) is 20.1. The molecular weight excluding hydrogens is 370 g/mol. The van der Waals surface area contributed by atoms with Crippen LogP contribution in [0.15, 0.2) is 23.3 Å². The Morgan fingerprint density at radius 3 is 2.24 bits per heavy atom. The minimum atomic E-state index is 0.111. The van der Waals surface area contributed by atoms with Crippen LogP contribution in [0.1, 0.15) is 38.2 Å². The van der Waals surface area contributed by atoms with Gasteiger partial charge in [0.1, 0.15) is 0 Å². The Kier molecular flexibility index (Phi) is 5.92. The number of phenols is 1. The molecule has 0 amide bonds. The molecule has 9 nitrogen and oxygen atoms in total. The Bertz CT molecular complexity index is 828. The third kappa shape index (κ3) is 4.67. The number of hydrazone groups is 1. The molecule has 2 fully saturated rings. The van der Waals surface area contributed by atoms with Gasteiger partial charge in [0.25, 0.3) is 0 Å². The maximum Gasteiger partial charge on any atom is 0.250 e. The lowest BCUT2D eigenvalue weighted by atomic mass is 10.2. The number of benzene rings is 1. The fourth-order valence-electron chi connectivity index (χ4n) is 3.57. The minimum absolute atomic E-state index is 0.111. The monoisotopic (exact) mass is 397 g/mol. The molecule has 2 aromatic rings. The zero-order valence-electron chi connectivity index (χ0n) is 16.7. The van der Waals surface area contributed by atoms with E-state index >= 15 is 0 Å². The topological polar surface area (TPSA) is 99.0 Å². The van der Waals surface area contributed by atoms with Gasteiger partial charge < -0.3 is 19.6 Å². The Balaban J connectivity index is 1.52. The number of aromatic nitrogens is 3. The van der Waals surface area contributed by atoms with Crippen molar-refractivity contribution in [3.63, 3.8) is 0 Å². The number of aromatic hydroxyl groups is 1. The van der Waals surface area contributed by atoms with Gasteiger partial charge in [0.05, 0.1) is 12.8 Å². The molecule has 2 aliphatic rings. The SMILES string of the molecule is CCOc1cc(/C=N/Nc2nc(N3CCCC3)nc(N3CCCC3)n2)ccc1O. The van der Waals surface area contributed by atoms with E-state index in [4.69, 9.17) is 9.72 Å². The summed E-state index contributed by atoms with van der Waals surface area (Å²) in [7, 11) is 0. The smallest absolute Gasteiger partial charge is 0.250 e. The van der Waals surface area contributed by atoms with E-state index in [-0.39, 0.29) is 5.75 Å². The summed E-state index contributed by atoms with van der Waals surface area (Å²) in [4.78, 5) is 18.2. The van der Waals surface area contributed by atoms with Crippen LogP contribution in [0.5, 0.6) is 11.5 Å². The summed E-state index contributed by atoms with van der Waals surface area (Å²) in [5.74, 6) is 2.40. The van der Waals surface area contributed by atoms with Gasteiger partial charge in [-0.25, -0.2) is 5.43 Å². The van der Waals surface area contributed by atoms with Gasteiger partial charge in [-0.3, -0.25) is 0 Å². The van der Waals surface area contributed by atoms with E-state index in [1.54, 1.807) is 24.4 Å². The lowest BCUT2D eigenvalue weighted by Crippen LogP contribution is -2.25. The normalized spacial score (nSPS) is 16.7. The molecule has 9 heteroatoms. The van der Waals surface area contributed by atoms with Crippen molar-refractivity contribution in [1.82, 2.24) is 15.0 Å². The van der Waals surface area contributed by atoms with Crippen LogP contribution in [0.4, 0.5) is 17.8 Å². The summed E-state index contributed by atoms with van der Waals surface area (Å²) in [5.41, 5.74) is 3.74. The van der Waals surface area contributed by atoms with E-state index in [1.807, 2.05) is 6.92 Å². The predicted octanol–water partition coefficient (Wildman–Crippen LogP) is 2.62. The van der Waals surface area contributed by atoms with Crippen LogP contribution in [0.2, 0.25) is 0 Å². The largest absolute Gasteiger partial charge is 0.504 e. The number of nitrogens with zero attached hydrogens (tertiary/aromatic N) is 6. The molecule has 1 aromatic carbocycles. The van der Waals surface area contributed by atoms with Crippen molar-refractivity contribution < 1.29 is 9.84 Å². The molecule has 0 radical (unpaired) electrons. The number of anilines is 3. The number of hydrogen-bond acceptors (Lipinski definition) is 9. The Morgan fingerprint density at radius 2 is 1.66 bits per heavy atom. The molecule has 2 N–H and O–H groups in total. The molecule has 0 atom stereocenters. The number of nitrogens with one attached hydrogen (secondary N) is 1. The lowest BCUT2D eigenvalue weighted by molar-refractivity contribution is 0.318. The summed E-state index contributed by atoms with van der Waals surface area (Å²) < 4.78 is 5.41. The third-order valence-electron chi connectivity index (χ3n) is 5.05. The van der Waals surface area contributed by atoms with Gasteiger partial charge >= 0.3 is 0 Å². The maximum atomic E-state index is 9.82. The van der Waals surface area contributed by atoms with E-state index in [9.17, 15) is 5.11 Å². The summed E-state index contributed by atoms with van der Waals surface area (Å²) in [6.07, 6.45) is 6.30. The van der Waals surface area contributed by atoms with Crippen LogP contribution in [0, 0.1) is 0 Å². The summed E-state index contributed by atoms with van der Waals surface area (Å²) in [5, 5.41) is 14.1. The highest BCUT2D eigenvalue weighted by atomic mass is 16.5. The Labute approximate surface area is 170 Å². The highest BCUT2D eigenvalue weighted by molar-refractivity contribution is 5.81. The standard InChI is InChI=1S/C20H27N7O2/c1-2-29-17-13-15(7-8-16(17)28)14-21-25-18-22-19(26-9-3-4-10-26)24-20(23-18)27-11-5-6-12-27/h7-8,13-14,28H,2-6,9-12H2,1H3,(H,22,23,24,25)/b21-14+. The van der Waals surface area contributed by atoms with Crippen molar-refractivity contribution in [2.45, 2.75) is 32.6 Å². The average molecular weight is 397 g/mol. The molecular formula is C20H27N7O2. The highest BCUT2D eigenvalue weighted by Crippen LogP contribution is 2.26. The van der Waals surface area contributed by atoms with Crippen LogP contribution in [-0.2, 0) is 0 Å². The van der Waals surface area contributed by atoms with Crippen molar-refractivity contribution in [2.24, 2.45) is 5.10 Å². The fourth-order valence-corrected chi connectivity index (χ4v) is 3.57. The molecule has 1 aromatic heterocycles. The molecule has 0 bridgehead atoms. The molecule has 0 aliphatic carbocycles. The number of rotatable bonds is 7. The first-order chi connectivity index (χ1) is 14.2. The van der Waals surface area contributed by atoms with Gasteiger partial charge in [-0.05, 0) is 56.4 Å².